The number of guanidine groups is 1. The lowest BCUT2D eigenvalue weighted by atomic mass is 10.1. The highest BCUT2D eigenvalue weighted by molar-refractivity contribution is 14.0. The fourth-order valence-electron chi connectivity index (χ4n) is 2.41. The Morgan fingerprint density at radius 1 is 1.33 bits per heavy atom. The van der Waals surface area contributed by atoms with Gasteiger partial charge in [-0.15, -0.1) is 24.0 Å². The van der Waals surface area contributed by atoms with Gasteiger partial charge in [-0.2, -0.15) is 0 Å². The number of hydrogen-bond donors (Lipinski definition) is 2. The van der Waals surface area contributed by atoms with E-state index >= 15 is 0 Å². The molecule has 1 saturated carbocycles. The number of nitrogens with one attached hydrogen (secondary N) is 2. The zero-order valence-electron chi connectivity index (χ0n) is 15.4. The summed E-state index contributed by atoms with van der Waals surface area (Å²) in [6.07, 6.45) is 4.80. The normalized spacial score (nSPS) is 14.3. The maximum absolute atomic E-state index is 6.03. The van der Waals surface area contributed by atoms with Crippen LogP contribution in [0, 0.1) is 12.8 Å². The van der Waals surface area contributed by atoms with E-state index in [-0.39, 0.29) is 24.0 Å². The van der Waals surface area contributed by atoms with E-state index in [2.05, 4.69) is 54.6 Å². The molecule has 0 radical (unpaired) electrons. The summed E-state index contributed by atoms with van der Waals surface area (Å²) in [6.45, 7) is 8.11. The minimum absolute atomic E-state index is 0. The molecular weight excluding hydrogens is 413 g/mol. The van der Waals surface area contributed by atoms with Crippen molar-refractivity contribution >= 4 is 29.9 Å². The Morgan fingerprint density at radius 2 is 2.08 bits per heavy atom. The Labute approximate surface area is 163 Å². The van der Waals surface area contributed by atoms with E-state index in [0.29, 0.717) is 6.04 Å². The molecule has 0 aliphatic heterocycles. The van der Waals surface area contributed by atoms with E-state index < -0.39 is 0 Å². The molecule has 5 heteroatoms. The number of ether oxygens (including phenoxy) is 1. The van der Waals surface area contributed by atoms with Gasteiger partial charge >= 0.3 is 0 Å². The van der Waals surface area contributed by atoms with Gasteiger partial charge in [-0.1, -0.05) is 26.0 Å². The molecule has 0 saturated heterocycles. The standard InChI is InChI=1S/C19H31N3O.HI/c1-14(2)6-5-11-23-18-12-15(3)7-8-16(18)13-21-19(20-4)22-17-9-10-17;/h7-8,12,14,17H,5-6,9-11,13H2,1-4H3,(H2,20,21,22);1H. The van der Waals surface area contributed by atoms with Crippen molar-refractivity contribution in [2.45, 2.75) is 59.0 Å². The molecule has 0 heterocycles. The van der Waals surface area contributed by atoms with Crippen molar-refractivity contribution in [3.05, 3.63) is 29.3 Å². The summed E-state index contributed by atoms with van der Waals surface area (Å²) in [5.41, 5.74) is 2.41. The molecule has 1 fully saturated rings. The van der Waals surface area contributed by atoms with Crippen LogP contribution >= 0.6 is 24.0 Å². The van der Waals surface area contributed by atoms with Gasteiger partial charge in [0.1, 0.15) is 5.75 Å². The topological polar surface area (TPSA) is 45.7 Å². The largest absolute Gasteiger partial charge is 0.493 e. The maximum Gasteiger partial charge on any atom is 0.191 e. The zero-order chi connectivity index (χ0) is 16.7. The fourth-order valence-corrected chi connectivity index (χ4v) is 2.41. The van der Waals surface area contributed by atoms with Crippen molar-refractivity contribution in [2.24, 2.45) is 10.9 Å². The Kier molecular flexibility index (Phi) is 9.48. The summed E-state index contributed by atoms with van der Waals surface area (Å²) in [6, 6.07) is 7.01. The second-order valence-electron chi connectivity index (χ2n) is 6.84. The van der Waals surface area contributed by atoms with E-state index in [4.69, 9.17) is 4.74 Å². The Balaban J connectivity index is 0.00000288. The summed E-state index contributed by atoms with van der Waals surface area (Å²) in [5, 5.41) is 6.79. The third-order valence-electron chi connectivity index (χ3n) is 3.99. The van der Waals surface area contributed by atoms with E-state index in [0.717, 1.165) is 37.2 Å². The van der Waals surface area contributed by atoms with Crippen LogP contribution in [-0.4, -0.2) is 25.7 Å². The molecule has 1 aromatic rings. The molecule has 1 aliphatic carbocycles. The minimum Gasteiger partial charge on any atom is -0.493 e. The van der Waals surface area contributed by atoms with Gasteiger partial charge in [0.25, 0.3) is 0 Å². The van der Waals surface area contributed by atoms with Crippen LogP contribution in [0.1, 0.15) is 50.7 Å². The Bertz CT molecular complexity index is 527. The lowest BCUT2D eigenvalue weighted by Gasteiger charge is -2.15. The van der Waals surface area contributed by atoms with Crippen LogP contribution in [0.15, 0.2) is 23.2 Å². The van der Waals surface area contributed by atoms with Gasteiger partial charge in [0, 0.05) is 25.2 Å². The number of hydrogen-bond acceptors (Lipinski definition) is 2. The third-order valence-corrected chi connectivity index (χ3v) is 3.99. The van der Waals surface area contributed by atoms with E-state index in [1.807, 2.05) is 7.05 Å². The molecule has 2 rings (SSSR count). The van der Waals surface area contributed by atoms with Crippen LogP contribution in [0.2, 0.25) is 0 Å². The lowest BCUT2D eigenvalue weighted by molar-refractivity contribution is 0.294. The van der Waals surface area contributed by atoms with Crippen molar-refractivity contribution in [2.75, 3.05) is 13.7 Å². The third kappa shape index (κ3) is 7.73. The average Bonchev–Trinajstić information content (AvgIpc) is 3.33. The van der Waals surface area contributed by atoms with Crippen LogP contribution in [0.4, 0.5) is 0 Å². The SMILES string of the molecule is CN=C(NCc1ccc(C)cc1OCCCC(C)C)NC1CC1.I. The van der Waals surface area contributed by atoms with Crippen LogP contribution in [0.5, 0.6) is 5.75 Å². The van der Waals surface area contributed by atoms with E-state index in [1.165, 1.54) is 30.4 Å². The minimum atomic E-state index is 0. The van der Waals surface area contributed by atoms with Crippen LogP contribution in [0.3, 0.4) is 0 Å². The van der Waals surface area contributed by atoms with Crippen LogP contribution < -0.4 is 15.4 Å². The molecule has 1 aromatic carbocycles. The van der Waals surface area contributed by atoms with Gasteiger partial charge in [0.15, 0.2) is 5.96 Å². The first kappa shape index (κ1) is 21.1. The predicted octanol–water partition coefficient (Wildman–Crippen LogP) is 4.26. The zero-order valence-corrected chi connectivity index (χ0v) is 17.7. The maximum atomic E-state index is 6.03. The number of aliphatic imine (C=N–C) groups is 1. The first-order chi connectivity index (χ1) is 11.1. The first-order valence-electron chi connectivity index (χ1n) is 8.78. The Hall–Kier alpha value is -0.980. The molecule has 2 N–H and O–H groups in total. The molecule has 0 spiro atoms. The molecule has 136 valence electrons. The summed E-state index contributed by atoms with van der Waals surface area (Å²) < 4.78 is 6.03. The van der Waals surface area contributed by atoms with Gasteiger partial charge in [-0.3, -0.25) is 4.99 Å². The molecule has 0 aromatic heterocycles. The number of aryl methyl sites for hydroxylation is 1. The predicted molar refractivity (Wildman–Crippen MR) is 113 cm³/mol. The van der Waals surface area contributed by atoms with Crippen molar-refractivity contribution < 1.29 is 4.74 Å². The molecule has 0 unspecified atom stereocenters. The molecule has 0 atom stereocenters. The van der Waals surface area contributed by atoms with Gasteiger partial charge < -0.3 is 15.4 Å². The van der Waals surface area contributed by atoms with Gasteiger partial charge in [0.05, 0.1) is 6.61 Å². The fraction of sp³-hybridized carbons (Fsp3) is 0.632. The highest BCUT2D eigenvalue weighted by atomic mass is 127. The van der Waals surface area contributed by atoms with Gasteiger partial charge in [-0.25, -0.2) is 0 Å². The smallest absolute Gasteiger partial charge is 0.191 e. The molecule has 4 nitrogen and oxygen atoms in total. The monoisotopic (exact) mass is 445 g/mol. The number of halogens is 1. The van der Waals surface area contributed by atoms with E-state index in [9.17, 15) is 0 Å². The first-order valence-corrected chi connectivity index (χ1v) is 8.78. The van der Waals surface area contributed by atoms with Crippen LogP contribution in [-0.2, 0) is 6.54 Å². The summed E-state index contributed by atoms with van der Waals surface area (Å²) in [5.74, 6) is 2.59. The summed E-state index contributed by atoms with van der Waals surface area (Å²) in [4.78, 5) is 4.28. The molecule has 24 heavy (non-hydrogen) atoms. The van der Waals surface area contributed by atoms with Crippen LogP contribution in [0.25, 0.3) is 0 Å². The number of nitrogens with zero attached hydrogens (tertiary/aromatic N) is 1. The summed E-state index contributed by atoms with van der Waals surface area (Å²) in [7, 11) is 1.82. The second-order valence-corrected chi connectivity index (χ2v) is 6.84. The molecule has 0 bridgehead atoms. The summed E-state index contributed by atoms with van der Waals surface area (Å²) >= 11 is 0. The molecule has 0 amide bonds. The van der Waals surface area contributed by atoms with Crippen molar-refractivity contribution in [3.8, 4) is 5.75 Å². The van der Waals surface area contributed by atoms with Crippen molar-refractivity contribution in [1.29, 1.82) is 0 Å². The molecule has 1 aliphatic rings. The number of benzene rings is 1. The van der Waals surface area contributed by atoms with E-state index in [1.54, 1.807) is 0 Å². The van der Waals surface area contributed by atoms with Crippen molar-refractivity contribution in [3.63, 3.8) is 0 Å². The average molecular weight is 445 g/mol. The number of rotatable bonds is 8. The second kappa shape index (κ2) is 10.8. The van der Waals surface area contributed by atoms with Gasteiger partial charge in [0.2, 0.25) is 0 Å². The highest BCUT2D eigenvalue weighted by Crippen LogP contribution is 2.21. The lowest BCUT2D eigenvalue weighted by Crippen LogP contribution is -2.38. The Morgan fingerprint density at radius 3 is 2.71 bits per heavy atom. The molecular formula is C19H32IN3O. The van der Waals surface area contributed by atoms with Gasteiger partial charge in [-0.05, 0) is 50.2 Å². The highest BCUT2D eigenvalue weighted by Gasteiger charge is 2.22. The quantitative estimate of drug-likeness (QED) is 0.272. The van der Waals surface area contributed by atoms with Crippen molar-refractivity contribution in [1.82, 2.24) is 10.6 Å².